The molecule has 1 aromatic rings. The second-order valence-electron chi connectivity index (χ2n) is 2.96. The van der Waals surface area contributed by atoms with Crippen LogP contribution in [0.25, 0.3) is 0 Å². The lowest BCUT2D eigenvalue weighted by atomic mass is 10.3. The van der Waals surface area contributed by atoms with E-state index in [9.17, 15) is 8.42 Å². The van der Waals surface area contributed by atoms with Gasteiger partial charge in [0.2, 0.25) is 0 Å². The monoisotopic (exact) mass is 214 g/mol. The summed E-state index contributed by atoms with van der Waals surface area (Å²) in [5.41, 5.74) is 2.83. The predicted octanol–water partition coefficient (Wildman–Crippen LogP) is 1.16. The van der Waals surface area contributed by atoms with E-state index in [4.69, 9.17) is 5.84 Å². The molecule has 0 aliphatic heterocycles. The molecule has 1 rings (SSSR count). The first-order valence-corrected chi connectivity index (χ1v) is 6.05. The van der Waals surface area contributed by atoms with E-state index in [0.29, 0.717) is 12.1 Å². The first kappa shape index (κ1) is 11.0. The maximum atomic E-state index is 11.7. The number of hydrogen-bond donors (Lipinski definition) is 2. The molecule has 14 heavy (non-hydrogen) atoms. The molecule has 5 heteroatoms. The molecule has 4 nitrogen and oxygen atoms in total. The van der Waals surface area contributed by atoms with Gasteiger partial charge in [-0.15, -0.1) is 0 Å². The zero-order valence-electron chi connectivity index (χ0n) is 8.03. The maximum Gasteiger partial charge on any atom is 0.180 e. The Morgan fingerprint density at radius 2 is 2.00 bits per heavy atom. The Morgan fingerprint density at radius 1 is 1.36 bits per heavy atom. The van der Waals surface area contributed by atoms with E-state index in [1.165, 1.54) is 0 Å². The molecule has 0 bridgehead atoms. The molecule has 0 spiro atoms. The normalized spacial score (nSPS) is 11.3. The van der Waals surface area contributed by atoms with Gasteiger partial charge in [-0.25, -0.2) is 8.42 Å². The van der Waals surface area contributed by atoms with E-state index in [-0.39, 0.29) is 10.6 Å². The second kappa shape index (κ2) is 4.43. The summed E-state index contributed by atoms with van der Waals surface area (Å²) in [4.78, 5) is 0.268. The first-order chi connectivity index (χ1) is 6.61. The minimum atomic E-state index is -3.20. The first-order valence-electron chi connectivity index (χ1n) is 4.40. The number of nitrogens with two attached hydrogens (primary N) is 1. The highest BCUT2D eigenvalue weighted by Crippen LogP contribution is 2.21. The lowest BCUT2D eigenvalue weighted by Crippen LogP contribution is -2.13. The van der Waals surface area contributed by atoms with E-state index in [2.05, 4.69) is 5.43 Å². The average Bonchev–Trinajstić information content (AvgIpc) is 2.18. The summed E-state index contributed by atoms with van der Waals surface area (Å²) in [6.07, 6.45) is 0.598. The second-order valence-corrected chi connectivity index (χ2v) is 5.04. The van der Waals surface area contributed by atoms with Crippen LogP contribution in [0.15, 0.2) is 29.2 Å². The molecule has 0 aromatic heterocycles. The van der Waals surface area contributed by atoms with Crippen molar-refractivity contribution in [2.24, 2.45) is 5.84 Å². The Labute approximate surface area is 84.0 Å². The van der Waals surface area contributed by atoms with Gasteiger partial charge in [-0.2, -0.15) is 0 Å². The molecule has 0 fully saturated rings. The van der Waals surface area contributed by atoms with Crippen molar-refractivity contribution in [2.45, 2.75) is 18.2 Å². The van der Waals surface area contributed by atoms with Gasteiger partial charge < -0.3 is 5.43 Å². The van der Waals surface area contributed by atoms with Crippen LogP contribution in [0, 0.1) is 0 Å². The Bertz CT molecular complexity index is 401. The Balaban J connectivity index is 3.18. The lowest BCUT2D eigenvalue weighted by Gasteiger charge is -2.08. The van der Waals surface area contributed by atoms with Crippen molar-refractivity contribution in [1.82, 2.24) is 0 Å². The number of rotatable bonds is 4. The maximum absolute atomic E-state index is 11.7. The molecule has 3 N–H and O–H groups in total. The van der Waals surface area contributed by atoms with Crippen molar-refractivity contribution < 1.29 is 8.42 Å². The minimum Gasteiger partial charge on any atom is -0.323 e. The van der Waals surface area contributed by atoms with Crippen molar-refractivity contribution in [3.05, 3.63) is 24.3 Å². The molecule has 0 radical (unpaired) electrons. The fourth-order valence-electron chi connectivity index (χ4n) is 1.24. The van der Waals surface area contributed by atoms with Crippen LogP contribution in [0.5, 0.6) is 0 Å². The molecule has 0 heterocycles. The number of nitrogen functional groups attached to an aromatic ring is 1. The standard InChI is InChI=1S/C9H14N2O2S/c1-2-7-14(12,13)9-6-4-3-5-8(9)11-10/h3-6,11H,2,7,10H2,1H3. The quantitative estimate of drug-likeness (QED) is 0.582. The number of para-hydroxylation sites is 1. The van der Waals surface area contributed by atoms with Gasteiger partial charge in [-0.05, 0) is 18.6 Å². The molecular formula is C9H14N2O2S. The molecule has 0 aliphatic carbocycles. The number of anilines is 1. The molecular weight excluding hydrogens is 200 g/mol. The number of hydrogen-bond acceptors (Lipinski definition) is 4. The van der Waals surface area contributed by atoms with Gasteiger partial charge in [-0.3, -0.25) is 5.84 Å². The molecule has 78 valence electrons. The van der Waals surface area contributed by atoms with Crippen molar-refractivity contribution in [1.29, 1.82) is 0 Å². The van der Waals surface area contributed by atoms with Crippen LogP contribution in [0.4, 0.5) is 5.69 Å². The third kappa shape index (κ3) is 2.24. The van der Waals surface area contributed by atoms with Crippen LogP contribution >= 0.6 is 0 Å². The Kier molecular flexibility index (Phi) is 3.49. The summed E-state index contributed by atoms with van der Waals surface area (Å²) in [7, 11) is -3.20. The van der Waals surface area contributed by atoms with Gasteiger partial charge in [0.15, 0.2) is 9.84 Å². The highest BCUT2D eigenvalue weighted by molar-refractivity contribution is 7.91. The predicted molar refractivity (Wildman–Crippen MR) is 56.6 cm³/mol. The van der Waals surface area contributed by atoms with Crippen LogP contribution in [-0.2, 0) is 9.84 Å². The van der Waals surface area contributed by atoms with Crippen molar-refractivity contribution >= 4 is 15.5 Å². The fraction of sp³-hybridized carbons (Fsp3) is 0.333. The third-order valence-electron chi connectivity index (χ3n) is 1.85. The Morgan fingerprint density at radius 3 is 2.57 bits per heavy atom. The van der Waals surface area contributed by atoms with Crippen LogP contribution in [0.1, 0.15) is 13.3 Å². The molecule has 0 saturated heterocycles. The van der Waals surface area contributed by atoms with Crippen molar-refractivity contribution in [2.75, 3.05) is 11.2 Å². The molecule has 0 unspecified atom stereocenters. The van der Waals surface area contributed by atoms with E-state index in [1.54, 1.807) is 24.3 Å². The summed E-state index contributed by atoms with van der Waals surface area (Å²) in [6, 6.07) is 6.62. The summed E-state index contributed by atoms with van der Waals surface area (Å²) >= 11 is 0. The number of benzene rings is 1. The number of nitrogens with one attached hydrogen (secondary N) is 1. The minimum absolute atomic E-state index is 0.145. The molecule has 0 saturated carbocycles. The van der Waals surface area contributed by atoms with Crippen molar-refractivity contribution in [3.8, 4) is 0 Å². The van der Waals surface area contributed by atoms with E-state index < -0.39 is 9.84 Å². The summed E-state index contributed by atoms with van der Waals surface area (Å²) in [5.74, 6) is 5.37. The van der Waals surface area contributed by atoms with Gasteiger partial charge in [0, 0.05) is 0 Å². The third-order valence-corrected chi connectivity index (χ3v) is 3.82. The zero-order chi connectivity index (χ0) is 10.6. The summed E-state index contributed by atoms with van der Waals surface area (Å²) in [5, 5.41) is 0. The van der Waals surface area contributed by atoms with E-state index in [1.807, 2.05) is 6.92 Å². The van der Waals surface area contributed by atoms with Gasteiger partial charge in [0.25, 0.3) is 0 Å². The molecule has 0 atom stereocenters. The van der Waals surface area contributed by atoms with Crippen LogP contribution in [0.3, 0.4) is 0 Å². The lowest BCUT2D eigenvalue weighted by molar-refractivity contribution is 0.595. The molecule has 0 amide bonds. The van der Waals surface area contributed by atoms with E-state index >= 15 is 0 Å². The highest BCUT2D eigenvalue weighted by atomic mass is 32.2. The largest absolute Gasteiger partial charge is 0.323 e. The average molecular weight is 214 g/mol. The smallest absolute Gasteiger partial charge is 0.180 e. The SMILES string of the molecule is CCCS(=O)(=O)c1ccccc1NN. The summed E-state index contributed by atoms with van der Waals surface area (Å²) in [6.45, 7) is 1.83. The van der Waals surface area contributed by atoms with Crippen LogP contribution < -0.4 is 11.3 Å². The zero-order valence-corrected chi connectivity index (χ0v) is 8.84. The van der Waals surface area contributed by atoms with Gasteiger partial charge >= 0.3 is 0 Å². The topological polar surface area (TPSA) is 72.2 Å². The van der Waals surface area contributed by atoms with Gasteiger partial charge in [0.1, 0.15) is 0 Å². The van der Waals surface area contributed by atoms with Crippen LogP contribution in [0.2, 0.25) is 0 Å². The van der Waals surface area contributed by atoms with E-state index in [0.717, 1.165) is 0 Å². The van der Waals surface area contributed by atoms with Gasteiger partial charge in [-0.1, -0.05) is 19.1 Å². The highest BCUT2D eigenvalue weighted by Gasteiger charge is 2.16. The fourth-order valence-corrected chi connectivity index (χ4v) is 2.74. The summed E-state index contributed by atoms with van der Waals surface area (Å²) < 4.78 is 23.4. The Hall–Kier alpha value is -1.07. The van der Waals surface area contributed by atoms with Crippen molar-refractivity contribution in [3.63, 3.8) is 0 Å². The molecule has 1 aromatic carbocycles. The molecule has 0 aliphatic rings. The van der Waals surface area contributed by atoms with Gasteiger partial charge in [0.05, 0.1) is 16.3 Å². The van der Waals surface area contributed by atoms with Crippen LogP contribution in [-0.4, -0.2) is 14.2 Å². The number of sulfone groups is 1. The number of hydrazine groups is 1.